The molecule has 0 spiro atoms. The lowest BCUT2D eigenvalue weighted by atomic mass is 10.1. The summed E-state index contributed by atoms with van der Waals surface area (Å²) in [4.78, 5) is 12.5. The quantitative estimate of drug-likeness (QED) is 0.649. The van der Waals surface area contributed by atoms with Crippen molar-refractivity contribution >= 4 is 23.2 Å². The zero-order chi connectivity index (χ0) is 20.3. The maximum atomic E-state index is 12.5. The highest BCUT2D eigenvalue weighted by Gasteiger charge is 2.13. The second kappa shape index (κ2) is 8.35. The molecule has 3 rings (SSSR count). The molecule has 0 aliphatic carbocycles. The molecule has 0 atom stereocenters. The molecule has 0 saturated heterocycles. The van der Waals surface area contributed by atoms with Gasteiger partial charge in [-0.1, -0.05) is 17.7 Å². The van der Waals surface area contributed by atoms with Crippen LogP contribution in [0.5, 0.6) is 11.5 Å². The summed E-state index contributed by atoms with van der Waals surface area (Å²) in [6, 6.07) is 11.0. The molecule has 6 nitrogen and oxygen atoms in total. The molecule has 0 bridgehead atoms. The molecule has 7 heteroatoms. The predicted molar refractivity (Wildman–Crippen MR) is 109 cm³/mol. The van der Waals surface area contributed by atoms with E-state index in [0.717, 1.165) is 21.7 Å². The summed E-state index contributed by atoms with van der Waals surface area (Å²) < 4.78 is 12.6. The number of ether oxygens (including phenoxy) is 2. The molecule has 1 heterocycles. The average molecular weight is 400 g/mol. The van der Waals surface area contributed by atoms with Crippen molar-refractivity contribution in [3.8, 4) is 11.5 Å². The van der Waals surface area contributed by atoms with Crippen LogP contribution in [-0.2, 0) is 6.73 Å². The highest BCUT2D eigenvalue weighted by molar-refractivity contribution is 6.32. The van der Waals surface area contributed by atoms with Gasteiger partial charge >= 0.3 is 0 Å². The Balaban J connectivity index is 1.67. The topological polar surface area (TPSA) is 65.4 Å². The Kier molecular flexibility index (Phi) is 5.90. The Morgan fingerprint density at radius 3 is 2.54 bits per heavy atom. The summed E-state index contributed by atoms with van der Waals surface area (Å²) in [6.45, 7) is 5.99. The number of carbonyl (C=O) groups excluding carboxylic acids is 1. The third-order valence-electron chi connectivity index (χ3n) is 4.25. The molecule has 0 fully saturated rings. The molecule has 1 aromatic heterocycles. The van der Waals surface area contributed by atoms with Crippen molar-refractivity contribution < 1.29 is 14.3 Å². The molecule has 0 aliphatic rings. The van der Waals surface area contributed by atoms with E-state index in [2.05, 4.69) is 10.4 Å². The van der Waals surface area contributed by atoms with Crippen LogP contribution in [0, 0.1) is 20.8 Å². The van der Waals surface area contributed by atoms with Crippen LogP contribution in [0.4, 0.5) is 5.69 Å². The molecule has 28 heavy (non-hydrogen) atoms. The Morgan fingerprint density at radius 2 is 1.86 bits per heavy atom. The number of anilines is 1. The lowest BCUT2D eigenvalue weighted by Gasteiger charge is -2.10. The lowest BCUT2D eigenvalue weighted by Crippen LogP contribution is -2.15. The van der Waals surface area contributed by atoms with Crippen molar-refractivity contribution in [3.63, 3.8) is 0 Å². The molecular weight excluding hydrogens is 378 g/mol. The number of hydrogen-bond donors (Lipinski definition) is 1. The number of carbonyl (C=O) groups is 1. The van der Waals surface area contributed by atoms with Crippen LogP contribution in [0.15, 0.2) is 42.6 Å². The van der Waals surface area contributed by atoms with Crippen molar-refractivity contribution in [3.05, 3.63) is 70.0 Å². The molecular formula is C21H22ClN3O3. The number of amides is 1. The van der Waals surface area contributed by atoms with Crippen LogP contribution >= 0.6 is 11.6 Å². The zero-order valence-electron chi connectivity index (χ0n) is 16.2. The number of nitrogens with one attached hydrogen (secondary N) is 1. The van der Waals surface area contributed by atoms with Crippen LogP contribution in [0.2, 0.25) is 5.02 Å². The fourth-order valence-electron chi connectivity index (χ4n) is 2.79. The Labute approximate surface area is 169 Å². The largest absolute Gasteiger partial charge is 0.495 e. The van der Waals surface area contributed by atoms with Gasteiger partial charge in [0.15, 0.2) is 12.4 Å². The van der Waals surface area contributed by atoms with E-state index in [9.17, 15) is 4.79 Å². The molecule has 0 saturated carbocycles. The van der Waals surface area contributed by atoms with Crippen LogP contribution in [-0.4, -0.2) is 22.8 Å². The molecule has 0 radical (unpaired) electrons. The second-order valence-electron chi connectivity index (χ2n) is 6.54. The molecule has 146 valence electrons. The summed E-state index contributed by atoms with van der Waals surface area (Å²) >= 11 is 6.18. The third-order valence-corrected chi connectivity index (χ3v) is 4.85. The first-order valence-electron chi connectivity index (χ1n) is 8.76. The minimum absolute atomic E-state index is 0.182. The van der Waals surface area contributed by atoms with E-state index in [1.165, 1.54) is 0 Å². The lowest BCUT2D eigenvalue weighted by molar-refractivity contribution is 0.102. The van der Waals surface area contributed by atoms with Gasteiger partial charge in [0.05, 0.1) is 12.8 Å². The number of rotatable bonds is 6. The Hall–Kier alpha value is -2.99. The number of nitrogens with zero attached hydrogens (tertiary/aromatic N) is 2. The SMILES string of the molecule is COc1ccc(C)cc1NC(=O)c1ccn(COc2cc(C)c(Cl)c(C)c2)n1. The first kappa shape index (κ1) is 19.8. The first-order chi connectivity index (χ1) is 13.4. The first-order valence-corrected chi connectivity index (χ1v) is 9.14. The molecule has 0 unspecified atom stereocenters. The minimum Gasteiger partial charge on any atom is -0.495 e. The van der Waals surface area contributed by atoms with E-state index in [1.54, 1.807) is 24.1 Å². The summed E-state index contributed by atoms with van der Waals surface area (Å²) in [5, 5.41) is 7.84. The standard InChI is InChI=1S/C21H22ClN3O3/c1-13-5-6-19(27-4)18(9-13)23-21(26)17-7-8-25(24-17)12-28-16-10-14(2)20(22)15(3)11-16/h5-11H,12H2,1-4H3,(H,23,26). The van der Waals surface area contributed by atoms with Crippen molar-refractivity contribution in [2.45, 2.75) is 27.5 Å². The van der Waals surface area contributed by atoms with Gasteiger partial charge in [0.2, 0.25) is 0 Å². The third kappa shape index (κ3) is 4.46. The van der Waals surface area contributed by atoms with Gasteiger partial charge in [-0.05, 0) is 67.8 Å². The summed E-state index contributed by atoms with van der Waals surface area (Å²) in [5.41, 5.74) is 3.80. The van der Waals surface area contributed by atoms with Crippen molar-refractivity contribution in [2.24, 2.45) is 0 Å². The summed E-state index contributed by atoms with van der Waals surface area (Å²) in [7, 11) is 1.56. The van der Waals surface area contributed by atoms with Crippen LogP contribution in [0.25, 0.3) is 0 Å². The number of halogens is 1. The van der Waals surface area contributed by atoms with E-state index in [-0.39, 0.29) is 18.3 Å². The van der Waals surface area contributed by atoms with Gasteiger partial charge in [-0.3, -0.25) is 4.79 Å². The van der Waals surface area contributed by atoms with E-state index < -0.39 is 0 Å². The smallest absolute Gasteiger partial charge is 0.276 e. The highest BCUT2D eigenvalue weighted by atomic mass is 35.5. The minimum atomic E-state index is -0.319. The van der Waals surface area contributed by atoms with Gasteiger partial charge in [-0.15, -0.1) is 0 Å². The number of hydrogen-bond acceptors (Lipinski definition) is 4. The van der Waals surface area contributed by atoms with E-state index in [4.69, 9.17) is 21.1 Å². The van der Waals surface area contributed by atoms with E-state index in [1.807, 2.05) is 51.1 Å². The van der Waals surface area contributed by atoms with Gasteiger partial charge in [0.25, 0.3) is 5.91 Å². The van der Waals surface area contributed by atoms with Gasteiger partial charge < -0.3 is 14.8 Å². The second-order valence-corrected chi connectivity index (χ2v) is 6.92. The van der Waals surface area contributed by atoms with Gasteiger partial charge in [-0.25, -0.2) is 4.68 Å². The summed E-state index contributed by atoms with van der Waals surface area (Å²) in [6.07, 6.45) is 1.69. The number of aryl methyl sites for hydroxylation is 3. The van der Waals surface area contributed by atoms with Gasteiger partial charge in [0.1, 0.15) is 11.5 Å². The number of methoxy groups -OCH3 is 1. The van der Waals surface area contributed by atoms with Crippen molar-refractivity contribution in [2.75, 3.05) is 12.4 Å². The average Bonchev–Trinajstić information content (AvgIpc) is 3.14. The zero-order valence-corrected chi connectivity index (χ0v) is 17.0. The molecule has 1 amide bonds. The van der Waals surface area contributed by atoms with Crippen LogP contribution in [0.3, 0.4) is 0 Å². The Morgan fingerprint density at radius 1 is 1.14 bits per heavy atom. The van der Waals surface area contributed by atoms with Gasteiger partial charge in [0, 0.05) is 11.2 Å². The van der Waals surface area contributed by atoms with E-state index in [0.29, 0.717) is 17.2 Å². The molecule has 0 aliphatic heterocycles. The molecule has 2 aromatic carbocycles. The monoisotopic (exact) mass is 399 g/mol. The fourth-order valence-corrected chi connectivity index (χ4v) is 2.90. The van der Waals surface area contributed by atoms with Crippen LogP contribution in [0.1, 0.15) is 27.2 Å². The fraction of sp³-hybridized carbons (Fsp3) is 0.238. The summed E-state index contributed by atoms with van der Waals surface area (Å²) in [5.74, 6) is 0.974. The van der Waals surface area contributed by atoms with Crippen LogP contribution < -0.4 is 14.8 Å². The number of benzene rings is 2. The normalized spacial score (nSPS) is 10.6. The Bertz CT molecular complexity index is 991. The van der Waals surface area contributed by atoms with Crippen molar-refractivity contribution in [1.82, 2.24) is 9.78 Å². The molecule has 3 aromatic rings. The maximum absolute atomic E-state index is 12.5. The van der Waals surface area contributed by atoms with Gasteiger partial charge in [-0.2, -0.15) is 5.10 Å². The highest BCUT2D eigenvalue weighted by Crippen LogP contribution is 2.27. The number of aromatic nitrogens is 2. The van der Waals surface area contributed by atoms with E-state index >= 15 is 0 Å². The predicted octanol–water partition coefficient (Wildman–Crippen LogP) is 4.76. The maximum Gasteiger partial charge on any atom is 0.276 e. The van der Waals surface area contributed by atoms with Crippen molar-refractivity contribution in [1.29, 1.82) is 0 Å². The molecule has 1 N–H and O–H groups in total.